The highest BCUT2D eigenvalue weighted by Gasteiger charge is 2.34. The van der Waals surface area contributed by atoms with Gasteiger partial charge in [0.1, 0.15) is 0 Å². The first kappa shape index (κ1) is 8.98. The monoisotopic (exact) mass is 200 g/mol. The van der Waals surface area contributed by atoms with E-state index in [1.807, 2.05) is 0 Å². The van der Waals surface area contributed by atoms with E-state index >= 15 is 0 Å². The lowest BCUT2D eigenvalue weighted by Gasteiger charge is -2.42. The number of hydrogen-bond acceptors (Lipinski definition) is 2. The summed E-state index contributed by atoms with van der Waals surface area (Å²) in [5, 5.41) is 7.18. The molecular formula is C13H16N2. The van der Waals surface area contributed by atoms with Crippen molar-refractivity contribution in [3.05, 3.63) is 47.7 Å². The molecule has 0 amide bonds. The van der Waals surface area contributed by atoms with E-state index in [1.54, 1.807) is 0 Å². The fourth-order valence-corrected chi connectivity index (χ4v) is 2.59. The number of allylic oxidation sites excluding steroid dienone is 5. The zero-order chi connectivity index (χ0) is 10.3. The van der Waals surface area contributed by atoms with Gasteiger partial charge in [0.05, 0.1) is 6.17 Å². The molecule has 0 aromatic heterocycles. The SMILES string of the molecule is CCC1NC2=CC=CC3=CC=CC(N1)C32. The maximum atomic E-state index is 3.62. The summed E-state index contributed by atoms with van der Waals surface area (Å²) in [5.74, 6) is 0.503. The van der Waals surface area contributed by atoms with Gasteiger partial charge in [-0.15, -0.1) is 0 Å². The van der Waals surface area contributed by atoms with E-state index in [2.05, 4.69) is 54.0 Å². The third kappa shape index (κ3) is 1.37. The van der Waals surface area contributed by atoms with Crippen molar-refractivity contribution in [2.24, 2.45) is 5.92 Å². The minimum atomic E-state index is 0.410. The molecule has 0 radical (unpaired) electrons. The van der Waals surface area contributed by atoms with Crippen LogP contribution in [-0.2, 0) is 0 Å². The summed E-state index contributed by atoms with van der Waals surface area (Å²) in [6, 6.07) is 0.465. The Kier molecular flexibility index (Phi) is 2.03. The van der Waals surface area contributed by atoms with Gasteiger partial charge in [-0.1, -0.05) is 37.3 Å². The predicted octanol–water partition coefficient (Wildman–Crippen LogP) is 1.85. The molecule has 3 rings (SSSR count). The van der Waals surface area contributed by atoms with Crippen LogP contribution in [-0.4, -0.2) is 12.2 Å². The van der Waals surface area contributed by atoms with Crippen LogP contribution in [0.5, 0.6) is 0 Å². The van der Waals surface area contributed by atoms with Crippen molar-refractivity contribution in [1.29, 1.82) is 0 Å². The van der Waals surface area contributed by atoms with Crippen LogP contribution in [0.3, 0.4) is 0 Å². The minimum absolute atomic E-state index is 0.410. The minimum Gasteiger partial charge on any atom is -0.373 e. The van der Waals surface area contributed by atoms with Crippen molar-refractivity contribution < 1.29 is 0 Å². The van der Waals surface area contributed by atoms with E-state index < -0.39 is 0 Å². The Labute approximate surface area is 90.4 Å². The number of nitrogens with one attached hydrogen (secondary N) is 2. The molecule has 15 heavy (non-hydrogen) atoms. The second-order valence-corrected chi connectivity index (χ2v) is 4.31. The van der Waals surface area contributed by atoms with Gasteiger partial charge in [-0.05, 0) is 18.1 Å². The van der Waals surface area contributed by atoms with Crippen molar-refractivity contribution in [2.45, 2.75) is 25.6 Å². The van der Waals surface area contributed by atoms with Crippen molar-refractivity contribution in [3.8, 4) is 0 Å². The summed E-state index contributed by atoms with van der Waals surface area (Å²) in [7, 11) is 0. The Morgan fingerprint density at radius 3 is 3.07 bits per heavy atom. The molecule has 0 aromatic rings. The molecule has 0 spiro atoms. The fourth-order valence-electron chi connectivity index (χ4n) is 2.59. The van der Waals surface area contributed by atoms with Crippen molar-refractivity contribution >= 4 is 0 Å². The van der Waals surface area contributed by atoms with Gasteiger partial charge in [0.15, 0.2) is 0 Å². The molecule has 0 bridgehead atoms. The van der Waals surface area contributed by atoms with E-state index in [0.29, 0.717) is 18.1 Å². The first-order valence-electron chi connectivity index (χ1n) is 5.67. The molecule has 2 aliphatic carbocycles. The van der Waals surface area contributed by atoms with Crippen molar-refractivity contribution in [1.82, 2.24) is 10.6 Å². The van der Waals surface area contributed by atoms with Crippen LogP contribution in [0.1, 0.15) is 13.3 Å². The third-order valence-corrected chi connectivity index (χ3v) is 3.37. The zero-order valence-corrected chi connectivity index (χ0v) is 8.90. The summed E-state index contributed by atoms with van der Waals surface area (Å²) in [4.78, 5) is 0. The van der Waals surface area contributed by atoms with Crippen LogP contribution in [0.2, 0.25) is 0 Å². The molecule has 2 nitrogen and oxygen atoms in total. The van der Waals surface area contributed by atoms with Crippen LogP contribution in [0.25, 0.3) is 0 Å². The van der Waals surface area contributed by atoms with Crippen molar-refractivity contribution in [2.75, 3.05) is 0 Å². The molecule has 3 atom stereocenters. The molecule has 2 heteroatoms. The maximum absolute atomic E-state index is 3.62. The van der Waals surface area contributed by atoms with Crippen LogP contribution in [0, 0.1) is 5.92 Å². The largest absolute Gasteiger partial charge is 0.373 e. The lowest BCUT2D eigenvalue weighted by atomic mass is 9.80. The second-order valence-electron chi connectivity index (χ2n) is 4.31. The standard InChI is InChI=1S/C13H16N2/c1-2-12-14-10-7-3-5-9-6-4-8-11(15-12)13(9)10/h3-8,10,12-15H,2H2,1H3. The quantitative estimate of drug-likeness (QED) is 0.675. The summed E-state index contributed by atoms with van der Waals surface area (Å²) < 4.78 is 0. The molecule has 1 aliphatic heterocycles. The van der Waals surface area contributed by atoms with Crippen LogP contribution in [0.4, 0.5) is 0 Å². The van der Waals surface area contributed by atoms with Gasteiger partial charge in [0, 0.05) is 17.7 Å². The van der Waals surface area contributed by atoms with E-state index in [1.165, 1.54) is 11.3 Å². The van der Waals surface area contributed by atoms with E-state index in [-0.39, 0.29) is 0 Å². The summed E-state index contributed by atoms with van der Waals surface area (Å²) in [6.07, 6.45) is 14.7. The zero-order valence-electron chi connectivity index (χ0n) is 8.90. The topological polar surface area (TPSA) is 24.1 Å². The van der Waals surface area contributed by atoms with Gasteiger partial charge in [0.25, 0.3) is 0 Å². The maximum Gasteiger partial charge on any atom is 0.0767 e. The third-order valence-electron chi connectivity index (χ3n) is 3.37. The average molecular weight is 200 g/mol. The molecule has 3 unspecified atom stereocenters. The highest BCUT2D eigenvalue weighted by atomic mass is 15.2. The molecule has 1 heterocycles. The Morgan fingerprint density at radius 2 is 2.20 bits per heavy atom. The van der Waals surface area contributed by atoms with E-state index in [0.717, 1.165) is 6.42 Å². The van der Waals surface area contributed by atoms with Crippen LogP contribution in [0.15, 0.2) is 47.7 Å². The Bertz CT molecular complexity index is 387. The van der Waals surface area contributed by atoms with Gasteiger partial charge in [-0.25, -0.2) is 0 Å². The fraction of sp³-hybridized carbons (Fsp3) is 0.385. The molecule has 0 aromatic carbocycles. The highest BCUT2D eigenvalue weighted by molar-refractivity contribution is 5.45. The first-order chi connectivity index (χ1) is 7.38. The average Bonchev–Trinajstić information content (AvgIpc) is 2.29. The van der Waals surface area contributed by atoms with Gasteiger partial charge < -0.3 is 5.32 Å². The van der Waals surface area contributed by atoms with Crippen molar-refractivity contribution in [3.63, 3.8) is 0 Å². The predicted molar refractivity (Wildman–Crippen MR) is 62.1 cm³/mol. The highest BCUT2D eigenvalue weighted by Crippen LogP contribution is 2.33. The summed E-state index contributed by atoms with van der Waals surface area (Å²) >= 11 is 0. The van der Waals surface area contributed by atoms with E-state index in [9.17, 15) is 0 Å². The molecule has 1 fully saturated rings. The Balaban J connectivity index is 1.98. The number of hydrogen-bond donors (Lipinski definition) is 2. The Hall–Kier alpha value is -1.28. The van der Waals surface area contributed by atoms with Crippen LogP contribution < -0.4 is 10.6 Å². The van der Waals surface area contributed by atoms with Gasteiger partial charge >= 0.3 is 0 Å². The lowest BCUT2D eigenvalue weighted by molar-refractivity contribution is 0.314. The second kappa shape index (κ2) is 3.38. The number of rotatable bonds is 1. The molecular weight excluding hydrogens is 184 g/mol. The van der Waals surface area contributed by atoms with Gasteiger partial charge in [-0.2, -0.15) is 0 Å². The molecule has 1 saturated heterocycles. The summed E-state index contributed by atoms with van der Waals surface area (Å²) in [5.41, 5.74) is 2.78. The van der Waals surface area contributed by atoms with E-state index in [4.69, 9.17) is 0 Å². The first-order valence-corrected chi connectivity index (χ1v) is 5.67. The molecule has 3 aliphatic rings. The molecule has 78 valence electrons. The summed E-state index contributed by atoms with van der Waals surface area (Å²) in [6.45, 7) is 2.20. The Morgan fingerprint density at radius 1 is 1.27 bits per heavy atom. The molecule has 0 saturated carbocycles. The normalized spacial score (nSPS) is 36.5. The smallest absolute Gasteiger partial charge is 0.0767 e. The van der Waals surface area contributed by atoms with Gasteiger partial charge in [0.2, 0.25) is 0 Å². The van der Waals surface area contributed by atoms with Gasteiger partial charge in [-0.3, -0.25) is 5.32 Å². The lowest BCUT2D eigenvalue weighted by Crippen LogP contribution is -2.57. The molecule has 2 N–H and O–H groups in total. The van der Waals surface area contributed by atoms with Crippen LogP contribution >= 0.6 is 0 Å².